The molecule has 134 valence electrons. The van der Waals surface area contributed by atoms with Crippen LogP contribution >= 0.6 is 15.9 Å². The predicted octanol–water partition coefficient (Wildman–Crippen LogP) is 2.68. The quantitative estimate of drug-likeness (QED) is 0.487. The lowest BCUT2D eigenvalue weighted by Crippen LogP contribution is -2.45. The van der Waals surface area contributed by atoms with Crippen molar-refractivity contribution < 1.29 is 9.53 Å². The number of aliphatic imine (C=N–C) groups is 1. The van der Waals surface area contributed by atoms with E-state index in [9.17, 15) is 4.79 Å². The summed E-state index contributed by atoms with van der Waals surface area (Å²) in [7, 11) is 3.37. The number of methoxy groups -OCH3 is 1. The first-order chi connectivity index (χ1) is 11.3. The summed E-state index contributed by atoms with van der Waals surface area (Å²) in [6.07, 6.45) is 0.348. The van der Waals surface area contributed by atoms with Gasteiger partial charge in [-0.1, -0.05) is 22.0 Å². The Morgan fingerprint density at radius 1 is 1.33 bits per heavy atom. The average molecular weight is 399 g/mol. The number of rotatable bonds is 7. The van der Waals surface area contributed by atoms with Crippen molar-refractivity contribution in [1.29, 1.82) is 0 Å². The van der Waals surface area contributed by atoms with E-state index in [0.29, 0.717) is 25.5 Å². The molecule has 0 radical (unpaired) electrons. The molecule has 0 fully saturated rings. The highest BCUT2D eigenvalue weighted by Crippen LogP contribution is 2.20. The van der Waals surface area contributed by atoms with Gasteiger partial charge in [0.2, 0.25) is 5.91 Å². The minimum atomic E-state index is -0.285. The molecule has 0 aromatic heterocycles. The molecule has 1 amide bonds. The van der Waals surface area contributed by atoms with Gasteiger partial charge in [-0.25, -0.2) is 0 Å². The smallest absolute Gasteiger partial charge is 0.226 e. The molecule has 6 nitrogen and oxygen atoms in total. The third kappa shape index (κ3) is 7.31. The molecular weight excluding hydrogens is 372 g/mol. The molecule has 0 aliphatic heterocycles. The summed E-state index contributed by atoms with van der Waals surface area (Å²) in [5, 5.41) is 9.22. The van der Waals surface area contributed by atoms with E-state index in [-0.39, 0.29) is 11.5 Å². The molecule has 0 atom stereocenters. The molecule has 1 aromatic rings. The minimum absolute atomic E-state index is 0.0450. The van der Waals surface area contributed by atoms with Gasteiger partial charge in [0.05, 0.1) is 5.60 Å². The Balaban J connectivity index is 2.40. The molecule has 0 heterocycles. The molecule has 1 rings (SSSR count). The standard InChI is InChI=1S/C17H27BrN4O2/c1-12-6-7-13(18)10-14(12)22-15(23)8-9-20-16(19-4)21-11-17(2,3)24-5/h6-7,10H,8-9,11H2,1-5H3,(H,22,23)(H2,19,20,21). The molecule has 0 bridgehead atoms. The summed E-state index contributed by atoms with van der Waals surface area (Å²) in [6.45, 7) is 7.05. The van der Waals surface area contributed by atoms with Gasteiger partial charge in [0, 0.05) is 43.8 Å². The molecule has 0 saturated heterocycles. The highest BCUT2D eigenvalue weighted by atomic mass is 79.9. The Morgan fingerprint density at radius 3 is 2.67 bits per heavy atom. The lowest BCUT2D eigenvalue weighted by atomic mass is 10.1. The molecule has 3 N–H and O–H groups in total. The minimum Gasteiger partial charge on any atom is -0.377 e. The van der Waals surface area contributed by atoms with Crippen LogP contribution in [0, 0.1) is 6.92 Å². The number of guanidine groups is 1. The maximum atomic E-state index is 12.1. The van der Waals surface area contributed by atoms with Crippen LogP contribution in [0.15, 0.2) is 27.7 Å². The number of anilines is 1. The summed E-state index contributed by atoms with van der Waals surface area (Å²) in [4.78, 5) is 16.2. The van der Waals surface area contributed by atoms with Gasteiger partial charge in [-0.05, 0) is 38.5 Å². The number of ether oxygens (including phenoxy) is 1. The maximum absolute atomic E-state index is 12.1. The number of benzene rings is 1. The summed E-state index contributed by atoms with van der Waals surface area (Å²) >= 11 is 3.41. The van der Waals surface area contributed by atoms with Gasteiger partial charge in [0.25, 0.3) is 0 Å². The van der Waals surface area contributed by atoms with Crippen LogP contribution in [0.1, 0.15) is 25.8 Å². The Hall–Kier alpha value is -1.60. The molecule has 1 aromatic carbocycles. The van der Waals surface area contributed by atoms with Crippen LogP contribution in [0.5, 0.6) is 0 Å². The number of carbonyl (C=O) groups excluding carboxylic acids is 1. The Bertz CT molecular complexity index is 588. The lowest BCUT2D eigenvalue weighted by Gasteiger charge is -2.24. The van der Waals surface area contributed by atoms with Gasteiger partial charge in [-0.2, -0.15) is 0 Å². The molecule has 7 heteroatoms. The molecule has 0 spiro atoms. The van der Waals surface area contributed by atoms with Gasteiger partial charge in [0.1, 0.15) is 0 Å². The van der Waals surface area contributed by atoms with Crippen molar-refractivity contribution in [2.45, 2.75) is 32.8 Å². The first kappa shape index (κ1) is 20.4. The topological polar surface area (TPSA) is 74.8 Å². The van der Waals surface area contributed by atoms with Crippen LogP contribution in [0.4, 0.5) is 5.69 Å². The number of nitrogens with one attached hydrogen (secondary N) is 3. The summed E-state index contributed by atoms with van der Waals surface area (Å²) < 4.78 is 6.29. The number of hydrogen-bond donors (Lipinski definition) is 3. The van der Waals surface area contributed by atoms with E-state index in [4.69, 9.17) is 4.74 Å². The molecule has 0 aliphatic carbocycles. The SMILES string of the molecule is CN=C(NCCC(=O)Nc1cc(Br)ccc1C)NCC(C)(C)OC. The van der Waals surface area contributed by atoms with Gasteiger partial charge in [-0.3, -0.25) is 9.79 Å². The zero-order valence-electron chi connectivity index (χ0n) is 15.0. The molecule has 0 saturated carbocycles. The molecular formula is C17H27BrN4O2. The van der Waals surface area contributed by atoms with Crippen molar-refractivity contribution in [1.82, 2.24) is 10.6 Å². The summed E-state index contributed by atoms with van der Waals surface area (Å²) in [6, 6.07) is 5.80. The van der Waals surface area contributed by atoms with Gasteiger partial charge in [0.15, 0.2) is 5.96 Å². The van der Waals surface area contributed by atoms with Crippen LogP contribution in [-0.4, -0.2) is 44.7 Å². The number of nitrogens with zero attached hydrogens (tertiary/aromatic N) is 1. The second kappa shape index (κ2) is 9.64. The number of hydrogen-bond acceptors (Lipinski definition) is 3. The van der Waals surface area contributed by atoms with Crippen molar-refractivity contribution in [3.63, 3.8) is 0 Å². The van der Waals surface area contributed by atoms with Crippen molar-refractivity contribution in [2.24, 2.45) is 4.99 Å². The van der Waals surface area contributed by atoms with Gasteiger partial charge < -0.3 is 20.7 Å². The zero-order valence-corrected chi connectivity index (χ0v) is 16.6. The van der Waals surface area contributed by atoms with Crippen LogP contribution in [0.25, 0.3) is 0 Å². The van der Waals surface area contributed by atoms with Crippen LogP contribution in [-0.2, 0) is 9.53 Å². The van der Waals surface area contributed by atoms with Crippen molar-refractivity contribution in [2.75, 3.05) is 32.6 Å². The number of halogens is 1. The van der Waals surface area contributed by atoms with E-state index < -0.39 is 0 Å². The summed E-state index contributed by atoms with van der Waals surface area (Å²) in [5.41, 5.74) is 1.56. The highest BCUT2D eigenvalue weighted by Gasteiger charge is 2.16. The second-order valence-corrected chi connectivity index (χ2v) is 6.99. The van der Waals surface area contributed by atoms with E-state index in [0.717, 1.165) is 15.7 Å². The van der Waals surface area contributed by atoms with Crippen molar-refractivity contribution in [3.8, 4) is 0 Å². The fourth-order valence-electron chi connectivity index (χ4n) is 1.83. The number of aryl methyl sites for hydroxylation is 1. The number of carbonyl (C=O) groups is 1. The van der Waals surface area contributed by atoms with Crippen LogP contribution < -0.4 is 16.0 Å². The molecule has 0 aliphatic rings. The normalized spacial score (nSPS) is 12.0. The Labute approximate surface area is 152 Å². The largest absolute Gasteiger partial charge is 0.377 e. The average Bonchev–Trinajstić information content (AvgIpc) is 2.54. The van der Waals surface area contributed by atoms with Crippen LogP contribution in [0.3, 0.4) is 0 Å². The third-order valence-corrected chi connectivity index (χ3v) is 4.07. The van der Waals surface area contributed by atoms with Crippen molar-refractivity contribution >= 4 is 33.5 Å². The van der Waals surface area contributed by atoms with Crippen molar-refractivity contribution in [3.05, 3.63) is 28.2 Å². The van der Waals surface area contributed by atoms with E-state index in [1.807, 2.05) is 39.0 Å². The highest BCUT2D eigenvalue weighted by molar-refractivity contribution is 9.10. The van der Waals surface area contributed by atoms with E-state index in [2.05, 4.69) is 36.9 Å². The fraction of sp³-hybridized carbons (Fsp3) is 0.529. The van der Waals surface area contributed by atoms with Gasteiger partial charge >= 0.3 is 0 Å². The second-order valence-electron chi connectivity index (χ2n) is 6.07. The Kier molecular flexibility index (Phi) is 8.21. The van der Waals surface area contributed by atoms with E-state index in [1.54, 1.807) is 14.2 Å². The third-order valence-electron chi connectivity index (χ3n) is 3.58. The zero-order chi connectivity index (χ0) is 18.2. The lowest BCUT2D eigenvalue weighted by molar-refractivity contribution is -0.116. The fourth-order valence-corrected chi connectivity index (χ4v) is 2.19. The first-order valence-electron chi connectivity index (χ1n) is 7.83. The first-order valence-corrected chi connectivity index (χ1v) is 8.62. The van der Waals surface area contributed by atoms with Gasteiger partial charge in [-0.15, -0.1) is 0 Å². The molecule has 0 unspecified atom stereocenters. The predicted molar refractivity (Wildman–Crippen MR) is 103 cm³/mol. The maximum Gasteiger partial charge on any atom is 0.226 e. The molecule has 24 heavy (non-hydrogen) atoms. The number of amides is 1. The van der Waals surface area contributed by atoms with E-state index in [1.165, 1.54) is 0 Å². The summed E-state index contributed by atoms with van der Waals surface area (Å²) in [5.74, 6) is 0.600. The van der Waals surface area contributed by atoms with E-state index >= 15 is 0 Å². The monoisotopic (exact) mass is 398 g/mol. The Morgan fingerprint density at radius 2 is 2.04 bits per heavy atom. The van der Waals surface area contributed by atoms with Crippen LogP contribution in [0.2, 0.25) is 0 Å².